The van der Waals surface area contributed by atoms with E-state index in [4.69, 9.17) is 5.73 Å². The quantitative estimate of drug-likeness (QED) is 0.908. The van der Waals surface area contributed by atoms with Crippen molar-refractivity contribution >= 4 is 11.3 Å². The fraction of sp³-hybridized carbons (Fsp3) is 0.733. The van der Waals surface area contributed by atoms with Gasteiger partial charge in [-0.1, -0.05) is 6.42 Å². The Balaban J connectivity index is 1.72. The number of likely N-dealkylation sites (tertiary alicyclic amines) is 1. The number of rotatable bonds is 3. The minimum atomic E-state index is 0.692. The normalized spacial score (nSPS) is 28.6. The van der Waals surface area contributed by atoms with Crippen LogP contribution in [-0.2, 0) is 13.1 Å². The van der Waals surface area contributed by atoms with Gasteiger partial charge in [0, 0.05) is 28.9 Å². The number of hydrogen-bond donors (Lipinski definition) is 1. The molecule has 2 unspecified atom stereocenters. The number of piperidine rings is 1. The zero-order chi connectivity index (χ0) is 12.5. The van der Waals surface area contributed by atoms with Crippen molar-refractivity contribution in [3.05, 3.63) is 21.4 Å². The second-order valence-corrected chi connectivity index (χ2v) is 7.21. The maximum atomic E-state index is 5.75. The second kappa shape index (κ2) is 5.32. The average Bonchev–Trinajstić information content (AvgIpc) is 2.97. The van der Waals surface area contributed by atoms with Gasteiger partial charge in [-0.25, -0.2) is 0 Å². The maximum Gasteiger partial charge on any atom is 0.0274 e. The summed E-state index contributed by atoms with van der Waals surface area (Å²) in [6.45, 7) is 5.39. The fourth-order valence-corrected chi connectivity index (χ4v) is 4.75. The Labute approximate surface area is 114 Å². The molecule has 3 rings (SSSR count). The van der Waals surface area contributed by atoms with Crippen LogP contribution in [0.15, 0.2) is 6.07 Å². The van der Waals surface area contributed by atoms with Crippen molar-refractivity contribution in [3.63, 3.8) is 0 Å². The van der Waals surface area contributed by atoms with Gasteiger partial charge < -0.3 is 5.73 Å². The molecule has 1 saturated heterocycles. The number of fused-ring (bicyclic) bond motifs is 1. The van der Waals surface area contributed by atoms with Crippen molar-refractivity contribution < 1.29 is 0 Å². The molecule has 2 N–H and O–H groups in total. The van der Waals surface area contributed by atoms with E-state index in [1.54, 1.807) is 0 Å². The molecule has 2 heterocycles. The van der Waals surface area contributed by atoms with Crippen LogP contribution in [0.1, 0.15) is 47.4 Å². The molecule has 3 heteroatoms. The van der Waals surface area contributed by atoms with Crippen LogP contribution >= 0.6 is 11.3 Å². The molecular weight excluding hydrogens is 240 g/mol. The summed E-state index contributed by atoms with van der Waals surface area (Å²) in [5.41, 5.74) is 7.27. The molecule has 0 radical (unpaired) electrons. The summed E-state index contributed by atoms with van der Waals surface area (Å²) in [6.07, 6.45) is 7.21. The Kier molecular flexibility index (Phi) is 3.73. The van der Waals surface area contributed by atoms with Gasteiger partial charge in [0.15, 0.2) is 0 Å². The first-order valence-electron chi connectivity index (χ1n) is 7.30. The smallest absolute Gasteiger partial charge is 0.0274 e. The highest BCUT2D eigenvalue weighted by atomic mass is 32.1. The van der Waals surface area contributed by atoms with Gasteiger partial charge in [0.2, 0.25) is 0 Å². The number of aryl methyl sites for hydroxylation is 1. The van der Waals surface area contributed by atoms with Gasteiger partial charge in [-0.2, -0.15) is 0 Å². The predicted molar refractivity (Wildman–Crippen MR) is 77.7 cm³/mol. The molecule has 1 saturated carbocycles. The number of nitrogens with two attached hydrogens (primary N) is 1. The van der Waals surface area contributed by atoms with E-state index < -0.39 is 0 Å². The highest BCUT2D eigenvalue weighted by Gasteiger charge is 2.34. The Morgan fingerprint density at radius 2 is 2.17 bits per heavy atom. The highest BCUT2D eigenvalue weighted by Crippen LogP contribution is 2.38. The second-order valence-electron chi connectivity index (χ2n) is 5.87. The molecule has 0 aromatic carbocycles. The third kappa shape index (κ3) is 2.36. The molecule has 1 aliphatic heterocycles. The molecule has 1 aromatic heterocycles. The van der Waals surface area contributed by atoms with Gasteiger partial charge >= 0.3 is 0 Å². The van der Waals surface area contributed by atoms with Crippen LogP contribution in [0.4, 0.5) is 0 Å². The third-order valence-electron chi connectivity index (χ3n) is 4.75. The van der Waals surface area contributed by atoms with Crippen molar-refractivity contribution in [1.29, 1.82) is 0 Å². The first-order chi connectivity index (χ1) is 8.78. The third-order valence-corrected chi connectivity index (χ3v) is 5.87. The zero-order valence-electron chi connectivity index (χ0n) is 11.3. The molecular formula is C15H24N2S. The molecule has 0 bridgehead atoms. The molecule has 2 nitrogen and oxygen atoms in total. The minimum absolute atomic E-state index is 0.692. The molecule has 1 aliphatic carbocycles. The molecule has 18 heavy (non-hydrogen) atoms. The van der Waals surface area contributed by atoms with E-state index in [9.17, 15) is 0 Å². The van der Waals surface area contributed by atoms with E-state index >= 15 is 0 Å². The van der Waals surface area contributed by atoms with E-state index in [-0.39, 0.29) is 0 Å². The standard InChI is InChI=1S/C15H24N2S/c1-11-13(8-14(9-16)18-11)10-17-7-3-5-12-4-2-6-15(12)17/h8,12,15H,2-7,9-10,16H2,1H3. The SMILES string of the molecule is Cc1sc(CN)cc1CN1CCCC2CCCC21. The Morgan fingerprint density at radius 1 is 1.33 bits per heavy atom. The lowest BCUT2D eigenvalue weighted by Crippen LogP contribution is -2.41. The molecule has 2 atom stereocenters. The van der Waals surface area contributed by atoms with Gasteiger partial charge in [0.05, 0.1) is 0 Å². The summed E-state index contributed by atoms with van der Waals surface area (Å²) in [4.78, 5) is 5.55. The summed E-state index contributed by atoms with van der Waals surface area (Å²) in [6, 6.07) is 3.21. The van der Waals surface area contributed by atoms with Crippen LogP contribution < -0.4 is 5.73 Å². The van der Waals surface area contributed by atoms with Crippen LogP contribution in [0.25, 0.3) is 0 Å². The van der Waals surface area contributed by atoms with Gasteiger partial charge in [0.25, 0.3) is 0 Å². The highest BCUT2D eigenvalue weighted by molar-refractivity contribution is 7.12. The molecule has 1 aromatic rings. The molecule has 2 aliphatic rings. The van der Waals surface area contributed by atoms with Crippen LogP contribution in [0.5, 0.6) is 0 Å². The van der Waals surface area contributed by atoms with Crippen LogP contribution in [0.3, 0.4) is 0 Å². The minimum Gasteiger partial charge on any atom is -0.326 e. The first kappa shape index (κ1) is 12.6. The van der Waals surface area contributed by atoms with Crippen molar-refractivity contribution in [2.75, 3.05) is 6.54 Å². The summed E-state index contributed by atoms with van der Waals surface area (Å²) in [5, 5.41) is 0. The van der Waals surface area contributed by atoms with Gasteiger partial charge in [-0.05, 0) is 56.7 Å². The van der Waals surface area contributed by atoms with E-state index in [0.29, 0.717) is 6.54 Å². The summed E-state index contributed by atoms with van der Waals surface area (Å²) in [5.74, 6) is 0.992. The van der Waals surface area contributed by atoms with E-state index in [2.05, 4.69) is 17.9 Å². The number of nitrogens with zero attached hydrogens (tertiary/aromatic N) is 1. The summed E-state index contributed by atoms with van der Waals surface area (Å²) >= 11 is 1.88. The lowest BCUT2D eigenvalue weighted by atomic mass is 9.91. The lowest BCUT2D eigenvalue weighted by molar-refractivity contribution is 0.106. The maximum absolute atomic E-state index is 5.75. The lowest BCUT2D eigenvalue weighted by Gasteiger charge is -2.37. The Bertz CT molecular complexity index is 413. The van der Waals surface area contributed by atoms with Gasteiger partial charge in [-0.15, -0.1) is 11.3 Å². The average molecular weight is 264 g/mol. The number of thiophene rings is 1. The molecule has 0 amide bonds. The van der Waals surface area contributed by atoms with E-state index in [0.717, 1.165) is 18.5 Å². The van der Waals surface area contributed by atoms with E-state index in [1.165, 1.54) is 54.0 Å². The van der Waals surface area contributed by atoms with Crippen molar-refractivity contribution in [2.24, 2.45) is 11.7 Å². The Hall–Kier alpha value is -0.380. The topological polar surface area (TPSA) is 29.3 Å². The Morgan fingerprint density at radius 3 is 2.94 bits per heavy atom. The van der Waals surface area contributed by atoms with Gasteiger partial charge in [0.1, 0.15) is 0 Å². The zero-order valence-corrected chi connectivity index (χ0v) is 12.1. The fourth-order valence-electron chi connectivity index (χ4n) is 3.82. The molecule has 100 valence electrons. The van der Waals surface area contributed by atoms with E-state index in [1.807, 2.05) is 11.3 Å². The molecule has 2 fully saturated rings. The summed E-state index contributed by atoms with van der Waals surface area (Å²) < 4.78 is 0. The number of hydrogen-bond acceptors (Lipinski definition) is 3. The summed E-state index contributed by atoms with van der Waals surface area (Å²) in [7, 11) is 0. The van der Waals surface area contributed by atoms with Gasteiger partial charge in [-0.3, -0.25) is 4.90 Å². The predicted octanol–water partition coefficient (Wildman–Crippen LogP) is 3.28. The van der Waals surface area contributed by atoms with Crippen molar-refractivity contribution in [1.82, 2.24) is 4.90 Å². The largest absolute Gasteiger partial charge is 0.326 e. The van der Waals surface area contributed by atoms with Crippen molar-refractivity contribution in [3.8, 4) is 0 Å². The van der Waals surface area contributed by atoms with Crippen LogP contribution in [0, 0.1) is 12.8 Å². The van der Waals surface area contributed by atoms with Crippen molar-refractivity contribution in [2.45, 2.75) is 58.2 Å². The first-order valence-corrected chi connectivity index (χ1v) is 8.12. The van der Waals surface area contributed by atoms with Crippen LogP contribution in [0.2, 0.25) is 0 Å². The van der Waals surface area contributed by atoms with Crippen LogP contribution in [-0.4, -0.2) is 17.5 Å². The molecule has 0 spiro atoms. The monoisotopic (exact) mass is 264 g/mol.